The molecule has 0 aliphatic carbocycles. The molecule has 1 aromatic rings. The van der Waals surface area contributed by atoms with Crippen molar-refractivity contribution in [2.45, 2.75) is 18.5 Å². The highest BCUT2D eigenvalue weighted by Crippen LogP contribution is 2.36. The summed E-state index contributed by atoms with van der Waals surface area (Å²) in [5.41, 5.74) is 0.0837. The van der Waals surface area contributed by atoms with Crippen molar-refractivity contribution in [3.63, 3.8) is 0 Å². The van der Waals surface area contributed by atoms with E-state index in [0.717, 1.165) is 13.1 Å². The van der Waals surface area contributed by atoms with Gasteiger partial charge in [0, 0.05) is 13.1 Å². The molecule has 84 valence electrons. The minimum absolute atomic E-state index is 0.537. The van der Waals surface area contributed by atoms with Gasteiger partial charge in [-0.25, -0.2) is 4.39 Å². The zero-order chi connectivity index (χ0) is 11.6. The summed E-state index contributed by atoms with van der Waals surface area (Å²) in [6.07, 6.45) is 1.07. The fraction of sp³-hybridized carbons (Fsp3) is 0.462. The minimum Gasteiger partial charge on any atom is -0.306 e. The number of likely N-dealkylation sites (tertiary alicyclic amines) is 1. The predicted molar refractivity (Wildman–Crippen MR) is 60.7 cm³/mol. The average molecular weight is 218 g/mol. The fourth-order valence-electron chi connectivity index (χ4n) is 2.11. The van der Waals surface area contributed by atoms with Crippen LogP contribution in [0.15, 0.2) is 24.3 Å². The Morgan fingerprint density at radius 3 is 2.31 bits per heavy atom. The first-order valence-corrected chi connectivity index (χ1v) is 5.52. The Morgan fingerprint density at radius 1 is 1.25 bits per heavy atom. The van der Waals surface area contributed by atoms with Crippen LogP contribution in [0.4, 0.5) is 4.39 Å². The standard InChI is InChI=1S/C13H15FN2/c1-16-8-6-13(14,7-9-16)12-4-2-11(10-15)3-5-12/h2-5H,6-9H2,1H3. The van der Waals surface area contributed by atoms with E-state index < -0.39 is 5.67 Å². The van der Waals surface area contributed by atoms with Gasteiger partial charge in [0.2, 0.25) is 0 Å². The molecule has 1 saturated heterocycles. The van der Waals surface area contributed by atoms with Crippen LogP contribution in [0, 0.1) is 11.3 Å². The van der Waals surface area contributed by atoms with Crippen LogP contribution >= 0.6 is 0 Å². The first-order chi connectivity index (χ1) is 7.64. The van der Waals surface area contributed by atoms with Gasteiger partial charge >= 0.3 is 0 Å². The van der Waals surface area contributed by atoms with Crippen LogP contribution in [0.25, 0.3) is 0 Å². The summed E-state index contributed by atoms with van der Waals surface area (Å²) >= 11 is 0. The molecule has 1 heterocycles. The smallest absolute Gasteiger partial charge is 0.138 e. The second-order valence-corrected chi connectivity index (χ2v) is 4.46. The Hall–Kier alpha value is -1.40. The summed E-state index contributed by atoms with van der Waals surface area (Å²) in [4.78, 5) is 2.14. The van der Waals surface area contributed by atoms with Gasteiger partial charge in [0.15, 0.2) is 0 Å². The van der Waals surface area contributed by atoms with Crippen molar-refractivity contribution in [1.29, 1.82) is 5.26 Å². The van der Waals surface area contributed by atoms with Crippen LogP contribution < -0.4 is 0 Å². The van der Waals surface area contributed by atoms with Crippen LogP contribution in [0.2, 0.25) is 0 Å². The zero-order valence-corrected chi connectivity index (χ0v) is 9.41. The first kappa shape index (κ1) is 11.1. The van der Waals surface area contributed by atoms with Crippen LogP contribution in [-0.2, 0) is 5.67 Å². The van der Waals surface area contributed by atoms with Gasteiger partial charge in [-0.1, -0.05) is 12.1 Å². The Labute approximate surface area is 95.3 Å². The molecule has 1 aliphatic heterocycles. The molecular formula is C13H15FN2. The molecule has 0 spiro atoms. The Balaban J connectivity index is 2.20. The maximum atomic E-state index is 14.6. The van der Waals surface area contributed by atoms with Crippen LogP contribution in [0.3, 0.4) is 0 Å². The molecule has 1 aromatic carbocycles. The number of alkyl halides is 1. The molecule has 16 heavy (non-hydrogen) atoms. The molecule has 0 bridgehead atoms. The third-order valence-corrected chi connectivity index (χ3v) is 3.31. The fourth-order valence-corrected chi connectivity index (χ4v) is 2.11. The predicted octanol–water partition coefficient (Wildman–Crippen LogP) is 2.45. The topological polar surface area (TPSA) is 27.0 Å². The molecular weight excluding hydrogens is 203 g/mol. The quantitative estimate of drug-likeness (QED) is 0.724. The molecule has 1 fully saturated rings. The molecule has 0 amide bonds. The summed E-state index contributed by atoms with van der Waals surface area (Å²) < 4.78 is 14.6. The Morgan fingerprint density at radius 2 is 1.81 bits per heavy atom. The van der Waals surface area contributed by atoms with E-state index >= 15 is 0 Å². The van der Waals surface area contributed by atoms with Gasteiger partial charge in [0.1, 0.15) is 5.67 Å². The zero-order valence-electron chi connectivity index (χ0n) is 9.41. The number of rotatable bonds is 1. The lowest BCUT2D eigenvalue weighted by molar-refractivity contribution is 0.0674. The molecule has 0 aromatic heterocycles. The summed E-state index contributed by atoms with van der Waals surface area (Å²) in [7, 11) is 2.01. The molecule has 0 N–H and O–H groups in total. The van der Waals surface area contributed by atoms with Gasteiger partial charge in [-0.05, 0) is 37.6 Å². The molecule has 1 aliphatic rings. The lowest BCUT2D eigenvalue weighted by atomic mass is 9.86. The van der Waals surface area contributed by atoms with E-state index in [-0.39, 0.29) is 0 Å². The van der Waals surface area contributed by atoms with E-state index in [1.165, 1.54) is 0 Å². The van der Waals surface area contributed by atoms with Crippen LogP contribution in [0.1, 0.15) is 24.0 Å². The lowest BCUT2D eigenvalue weighted by Crippen LogP contribution is -2.37. The van der Waals surface area contributed by atoms with Crippen molar-refractivity contribution in [2.24, 2.45) is 0 Å². The number of hydrogen-bond acceptors (Lipinski definition) is 2. The molecule has 2 rings (SSSR count). The van der Waals surface area contributed by atoms with Gasteiger partial charge in [0.05, 0.1) is 11.6 Å². The Bertz CT molecular complexity index is 397. The second kappa shape index (κ2) is 4.23. The van der Waals surface area contributed by atoms with Gasteiger partial charge < -0.3 is 4.90 Å². The van der Waals surface area contributed by atoms with Crippen molar-refractivity contribution in [3.8, 4) is 6.07 Å². The molecule has 0 radical (unpaired) electrons. The maximum absolute atomic E-state index is 14.6. The summed E-state index contributed by atoms with van der Waals surface area (Å²) in [6.45, 7) is 1.58. The molecule has 0 unspecified atom stereocenters. The van der Waals surface area contributed by atoms with Crippen molar-refractivity contribution in [1.82, 2.24) is 4.90 Å². The first-order valence-electron chi connectivity index (χ1n) is 5.52. The number of halogens is 1. The van der Waals surface area contributed by atoms with E-state index in [4.69, 9.17) is 5.26 Å². The van der Waals surface area contributed by atoms with Gasteiger partial charge in [0.25, 0.3) is 0 Å². The van der Waals surface area contributed by atoms with E-state index in [1.807, 2.05) is 13.1 Å². The second-order valence-electron chi connectivity index (χ2n) is 4.46. The monoisotopic (exact) mass is 218 g/mol. The highest BCUT2D eigenvalue weighted by atomic mass is 19.1. The van der Waals surface area contributed by atoms with Crippen molar-refractivity contribution < 1.29 is 4.39 Å². The SMILES string of the molecule is CN1CCC(F)(c2ccc(C#N)cc2)CC1. The number of nitrogens with zero attached hydrogens (tertiary/aromatic N) is 2. The summed E-state index contributed by atoms with van der Waals surface area (Å²) in [5, 5.41) is 8.69. The lowest BCUT2D eigenvalue weighted by Gasteiger charge is -2.34. The number of piperidine rings is 1. The molecule has 0 atom stereocenters. The minimum atomic E-state index is -1.21. The molecule has 0 saturated carbocycles. The van der Waals surface area contributed by atoms with E-state index in [9.17, 15) is 4.39 Å². The average Bonchev–Trinajstić information content (AvgIpc) is 2.33. The number of nitriles is 1. The number of benzene rings is 1. The van der Waals surface area contributed by atoms with E-state index in [0.29, 0.717) is 24.0 Å². The van der Waals surface area contributed by atoms with E-state index in [2.05, 4.69) is 4.90 Å². The highest BCUT2D eigenvalue weighted by Gasteiger charge is 2.35. The van der Waals surface area contributed by atoms with Crippen LogP contribution in [-0.4, -0.2) is 25.0 Å². The van der Waals surface area contributed by atoms with Crippen LogP contribution in [0.5, 0.6) is 0 Å². The number of hydrogen-bond donors (Lipinski definition) is 0. The summed E-state index contributed by atoms with van der Waals surface area (Å²) in [6, 6.07) is 8.90. The van der Waals surface area contributed by atoms with Crippen molar-refractivity contribution in [2.75, 3.05) is 20.1 Å². The maximum Gasteiger partial charge on any atom is 0.138 e. The third kappa shape index (κ3) is 2.07. The van der Waals surface area contributed by atoms with Gasteiger partial charge in [-0.2, -0.15) is 5.26 Å². The largest absolute Gasteiger partial charge is 0.306 e. The summed E-state index contributed by atoms with van der Waals surface area (Å²) in [5.74, 6) is 0. The van der Waals surface area contributed by atoms with E-state index in [1.54, 1.807) is 24.3 Å². The van der Waals surface area contributed by atoms with Gasteiger partial charge in [-0.3, -0.25) is 0 Å². The molecule has 2 nitrogen and oxygen atoms in total. The van der Waals surface area contributed by atoms with Crippen molar-refractivity contribution >= 4 is 0 Å². The van der Waals surface area contributed by atoms with Crippen molar-refractivity contribution in [3.05, 3.63) is 35.4 Å². The highest BCUT2D eigenvalue weighted by molar-refractivity contribution is 5.34. The normalized spacial score (nSPS) is 20.3. The molecule has 3 heteroatoms. The Kier molecular flexibility index (Phi) is 2.93. The van der Waals surface area contributed by atoms with Gasteiger partial charge in [-0.15, -0.1) is 0 Å². The third-order valence-electron chi connectivity index (χ3n) is 3.31.